The summed E-state index contributed by atoms with van der Waals surface area (Å²) in [5.41, 5.74) is 0.509. The first-order valence-corrected chi connectivity index (χ1v) is 6.99. The summed E-state index contributed by atoms with van der Waals surface area (Å²) in [5.74, 6) is -2.76. The van der Waals surface area contributed by atoms with E-state index < -0.39 is 35.7 Å². The highest BCUT2D eigenvalue weighted by molar-refractivity contribution is 5.90. The maximum atomic E-state index is 13.2. The Balaban J connectivity index is 2.87. The van der Waals surface area contributed by atoms with Gasteiger partial charge in [-0.25, -0.2) is 9.18 Å². The predicted octanol–water partition coefficient (Wildman–Crippen LogP) is 1.02. The van der Waals surface area contributed by atoms with Crippen molar-refractivity contribution < 1.29 is 23.9 Å². The highest BCUT2D eigenvalue weighted by Gasteiger charge is 2.25. The summed E-state index contributed by atoms with van der Waals surface area (Å²) in [6.45, 7) is 4.68. The lowest BCUT2D eigenvalue weighted by molar-refractivity contribution is -0.142. The fourth-order valence-corrected chi connectivity index (χ4v) is 2.01. The fourth-order valence-electron chi connectivity index (χ4n) is 2.01. The molecule has 23 heavy (non-hydrogen) atoms. The van der Waals surface area contributed by atoms with Crippen molar-refractivity contribution in [1.82, 2.24) is 10.6 Å². The molecule has 0 radical (unpaired) electrons. The lowest BCUT2D eigenvalue weighted by atomic mass is 10.0. The molecule has 0 unspecified atom stereocenters. The summed E-state index contributed by atoms with van der Waals surface area (Å²) in [7, 11) is 0. The summed E-state index contributed by atoms with van der Waals surface area (Å²) in [4.78, 5) is 34.6. The zero-order valence-corrected chi connectivity index (χ0v) is 12.7. The number of hydrogen-bond acceptors (Lipinski definition) is 3. The van der Waals surface area contributed by atoms with Crippen LogP contribution < -0.4 is 10.6 Å². The van der Waals surface area contributed by atoms with Crippen LogP contribution in [0, 0.1) is 5.82 Å². The molecular formula is C16H19FN2O4. The molecule has 0 aliphatic heterocycles. The Kier molecular flexibility index (Phi) is 6.92. The average molecular weight is 322 g/mol. The van der Waals surface area contributed by atoms with Gasteiger partial charge in [-0.15, -0.1) is 6.58 Å². The van der Waals surface area contributed by atoms with Gasteiger partial charge in [-0.1, -0.05) is 18.2 Å². The third-order valence-electron chi connectivity index (χ3n) is 3.04. The minimum atomic E-state index is -1.20. The Labute approximate surface area is 133 Å². The van der Waals surface area contributed by atoms with E-state index in [2.05, 4.69) is 17.2 Å². The Morgan fingerprint density at radius 2 is 2.00 bits per heavy atom. The Morgan fingerprint density at radius 1 is 1.30 bits per heavy atom. The van der Waals surface area contributed by atoms with Crippen molar-refractivity contribution in [2.45, 2.75) is 31.8 Å². The molecule has 0 saturated heterocycles. The van der Waals surface area contributed by atoms with Gasteiger partial charge in [-0.05, 0) is 24.1 Å². The molecule has 0 saturated carbocycles. The second-order valence-electron chi connectivity index (χ2n) is 5.01. The van der Waals surface area contributed by atoms with E-state index in [9.17, 15) is 18.8 Å². The van der Waals surface area contributed by atoms with Crippen molar-refractivity contribution in [3.8, 4) is 0 Å². The second-order valence-corrected chi connectivity index (χ2v) is 5.01. The van der Waals surface area contributed by atoms with Gasteiger partial charge >= 0.3 is 5.97 Å². The number of carboxylic acid groups (broad SMARTS) is 1. The van der Waals surface area contributed by atoms with E-state index in [1.54, 1.807) is 6.07 Å². The normalized spacial score (nSPS) is 12.8. The van der Waals surface area contributed by atoms with Gasteiger partial charge < -0.3 is 15.7 Å². The molecule has 0 aliphatic carbocycles. The summed E-state index contributed by atoms with van der Waals surface area (Å²) >= 11 is 0. The van der Waals surface area contributed by atoms with Gasteiger partial charge in [0.2, 0.25) is 11.8 Å². The number of halogens is 1. The van der Waals surface area contributed by atoms with Crippen LogP contribution in [0.25, 0.3) is 0 Å². The van der Waals surface area contributed by atoms with Crippen LogP contribution in [0.1, 0.15) is 18.9 Å². The van der Waals surface area contributed by atoms with Crippen LogP contribution in [0.3, 0.4) is 0 Å². The predicted molar refractivity (Wildman–Crippen MR) is 82.1 cm³/mol. The van der Waals surface area contributed by atoms with Gasteiger partial charge in [0, 0.05) is 13.3 Å². The molecule has 1 rings (SSSR count). The van der Waals surface area contributed by atoms with Gasteiger partial charge in [0.25, 0.3) is 0 Å². The maximum Gasteiger partial charge on any atom is 0.326 e. The topological polar surface area (TPSA) is 95.5 Å². The molecule has 0 bridgehead atoms. The number of carbonyl (C=O) groups is 3. The van der Waals surface area contributed by atoms with E-state index in [0.717, 1.165) is 0 Å². The van der Waals surface area contributed by atoms with Crippen molar-refractivity contribution in [2.24, 2.45) is 0 Å². The number of rotatable bonds is 8. The minimum absolute atomic E-state index is 0.0452. The monoisotopic (exact) mass is 322 g/mol. The summed E-state index contributed by atoms with van der Waals surface area (Å²) in [5, 5.41) is 13.8. The van der Waals surface area contributed by atoms with E-state index in [1.807, 2.05) is 0 Å². The number of hydrogen-bond donors (Lipinski definition) is 3. The first kappa shape index (κ1) is 18.3. The van der Waals surface area contributed by atoms with Crippen molar-refractivity contribution in [2.75, 3.05) is 0 Å². The van der Waals surface area contributed by atoms with Gasteiger partial charge in [-0.3, -0.25) is 9.59 Å². The van der Waals surface area contributed by atoms with Crippen LogP contribution in [-0.4, -0.2) is 35.0 Å². The minimum Gasteiger partial charge on any atom is -0.480 e. The van der Waals surface area contributed by atoms with E-state index in [-0.39, 0.29) is 12.8 Å². The zero-order valence-electron chi connectivity index (χ0n) is 12.7. The Morgan fingerprint density at radius 3 is 2.52 bits per heavy atom. The molecule has 7 heteroatoms. The van der Waals surface area contributed by atoms with Crippen LogP contribution in [0.15, 0.2) is 36.9 Å². The van der Waals surface area contributed by atoms with Gasteiger partial charge in [-0.2, -0.15) is 0 Å². The molecule has 0 fully saturated rings. The lowest BCUT2D eigenvalue weighted by Crippen LogP contribution is -2.52. The standard InChI is InChI=1S/C16H19FN2O4/c1-3-5-13(16(22)23)19-15(21)14(18-10(2)20)9-11-6-4-7-12(17)8-11/h3-4,6-8,13-14H,1,5,9H2,2H3,(H,18,20)(H,19,21)(H,22,23)/t13-,14-/m0/s1. The summed E-state index contributed by atoms with van der Waals surface area (Å²) in [6.07, 6.45) is 1.47. The van der Waals surface area contributed by atoms with Crippen LogP contribution >= 0.6 is 0 Å². The number of nitrogens with one attached hydrogen (secondary N) is 2. The van der Waals surface area contributed by atoms with Crippen LogP contribution in [0.2, 0.25) is 0 Å². The Bertz CT molecular complexity index is 603. The second kappa shape index (κ2) is 8.67. The van der Waals surface area contributed by atoms with E-state index >= 15 is 0 Å². The number of carbonyl (C=O) groups excluding carboxylic acids is 2. The third kappa shape index (κ3) is 6.29. The van der Waals surface area contributed by atoms with Gasteiger partial charge in [0.15, 0.2) is 0 Å². The average Bonchev–Trinajstić information content (AvgIpc) is 2.45. The molecule has 1 aromatic carbocycles. The molecule has 6 nitrogen and oxygen atoms in total. The SMILES string of the molecule is C=CC[C@H](NC(=O)[C@H](Cc1cccc(F)c1)NC(C)=O)C(=O)O. The molecule has 1 aromatic rings. The molecule has 0 aliphatic rings. The van der Waals surface area contributed by atoms with Gasteiger partial charge in [0.1, 0.15) is 17.9 Å². The van der Waals surface area contributed by atoms with E-state index in [4.69, 9.17) is 5.11 Å². The number of aliphatic carboxylic acids is 1. The smallest absolute Gasteiger partial charge is 0.326 e. The first-order chi connectivity index (χ1) is 10.8. The van der Waals surface area contributed by atoms with Crippen LogP contribution in [0.4, 0.5) is 4.39 Å². The number of benzene rings is 1. The molecule has 124 valence electrons. The van der Waals surface area contributed by atoms with Crippen LogP contribution in [-0.2, 0) is 20.8 Å². The molecule has 2 amide bonds. The van der Waals surface area contributed by atoms with Crippen molar-refractivity contribution >= 4 is 17.8 Å². The molecule has 0 heterocycles. The first-order valence-electron chi connectivity index (χ1n) is 6.99. The lowest BCUT2D eigenvalue weighted by Gasteiger charge is -2.20. The summed E-state index contributed by atoms with van der Waals surface area (Å²) < 4.78 is 13.2. The zero-order chi connectivity index (χ0) is 17.4. The number of amides is 2. The maximum absolute atomic E-state index is 13.2. The van der Waals surface area contributed by atoms with Crippen molar-refractivity contribution in [1.29, 1.82) is 0 Å². The van der Waals surface area contributed by atoms with Crippen molar-refractivity contribution in [3.05, 3.63) is 48.3 Å². The number of carboxylic acids is 1. The molecule has 2 atom stereocenters. The molecule has 0 spiro atoms. The van der Waals surface area contributed by atoms with Crippen molar-refractivity contribution in [3.63, 3.8) is 0 Å². The summed E-state index contributed by atoms with van der Waals surface area (Å²) in [6, 6.07) is 3.49. The molecule has 0 aromatic heterocycles. The molecular weight excluding hydrogens is 303 g/mol. The van der Waals surface area contributed by atoms with Gasteiger partial charge in [0.05, 0.1) is 0 Å². The quantitative estimate of drug-likeness (QED) is 0.623. The highest BCUT2D eigenvalue weighted by Crippen LogP contribution is 2.07. The molecule has 3 N–H and O–H groups in total. The van der Waals surface area contributed by atoms with E-state index in [0.29, 0.717) is 5.56 Å². The van der Waals surface area contributed by atoms with E-state index in [1.165, 1.54) is 31.2 Å². The Hall–Kier alpha value is -2.70. The largest absolute Gasteiger partial charge is 0.480 e. The third-order valence-corrected chi connectivity index (χ3v) is 3.04. The fraction of sp³-hybridized carbons (Fsp3) is 0.312. The highest BCUT2D eigenvalue weighted by atomic mass is 19.1. The van der Waals surface area contributed by atoms with Crippen LogP contribution in [0.5, 0.6) is 0 Å².